The molecule has 0 aromatic heterocycles. The molecule has 0 saturated heterocycles. The van der Waals surface area contributed by atoms with Gasteiger partial charge in [-0.15, -0.1) is 0 Å². The molecule has 1 amide bonds. The maximum absolute atomic E-state index is 12.5. The van der Waals surface area contributed by atoms with Crippen LogP contribution in [-0.4, -0.2) is 5.91 Å². The molecule has 0 aliphatic heterocycles. The summed E-state index contributed by atoms with van der Waals surface area (Å²) in [5.41, 5.74) is 7.00. The fourth-order valence-electron chi connectivity index (χ4n) is 3.60. The van der Waals surface area contributed by atoms with Crippen LogP contribution in [0.15, 0.2) is 78.9 Å². The van der Waals surface area contributed by atoms with Crippen molar-refractivity contribution in [3.05, 3.63) is 95.6 Å². The highest BCUT2D eigenvalue weighted by Crippen LogP contribution is 2.31. The Morgan fingerprint density at radius 2 is 1.70 bits per heavy atom. The number of hydrogen-bond donors (Lipinski definition) is 1. The minimum atomic E-state index is -0.183. The average molecular weight is 353 g/mol. The largest absolute Gasteiger partial charge is 0.326 e. The number of nitrogens with one attached hydrogen (secondary N) is 1. The molecule has 4 rings (SSSR count). The van der Waals surface area contributed by atoms with Gasteiger partial charge >= 0.3 is 0 Å². The van der Waals surface area contributed by atoms with Crippen LogP contribution in [0.5, 0.6) is 0 Å². The number of hydrogen-bond acceptors (Lipinski definition) is 1. The molecule has 3 aromatic carbocycles. The van der Waals surface area contributed by atoms with E-state index in [0.29, 0.717) is 0 Å². The second-order valence-electron chi connectivity index (χ2n) is 7.02. The molecule has 0 radical (unpaired) electrons. The monoisotopic (exact) mass is 353 g/mol. The highest BCUT2D eigenvalue weighted by atomic mass is 16.1. The molecular weight excluding hydrogens is 330 g/mol. The lowest BCUT2D eigenvalue weighted by Crippen LogP contribution is -2.18. The summed E-state index contributed by atoms with van der Waals surface area (Å²) in [4.78, 5) is 12.5. The van der Waals surface area contributed by atoms with Gasteiger partial charge in [0, 0.05) is 5.69 Å². The summed E-state index contributed by atoms with van der Waals surface area (Å²) in [5.74, 6) is -0.175. The number of amides is 1. The van der Waals surface area contributed by atoms with Gasteiger partial charge < -0.3 is 5.32 Å². The Labute approximate surface area is 160 Å². The molecule has 1 unspecified atom stereocenters. The number of anilines is 1. The number of carbonyl (C=O) groups is 1. The van der Waals surface area contributed by atoms with E-state index in [4.69, 9.17) is 0 Å². The topological polar surface area (TPSA) is 29.1 Å². The molecule has 0 spiro atoms. The van der Waals surface area contributed by atoms with Crippen molar-refractivity contribution in [3.8, 4) is 11.1 Å². The zero-order valence-electron chi connectivity index (χ0n) is 15.5. The quantitative estimate of drug-likeness (QED) is 0.607. The Bertz CT molecular complexity index is 971. The molecule has 1 N–H and O–H groups in total. The first-order valence-electron chi connectivity index (χ1n) is 9.47. The fraction of sp³-hybridized carbons (Fsp3) is 0.160. The standard InChI is InChI=1S/C25H23NO/c1-18(19-8-3-2-4-9-19)25(27)26-22-16-14-21(15-17-22)24-13-7-11-20-10-5-6-12-23(20)24/h2-4,6-9,11-18H,5,10H2,1H3,(H,26,27). The normalized spacial score (nSPS) is 13.7. The number of aryl methyl sites for hydroxylation is 1. The van der Waals surface area contributed by atoms with E-state index < -0.39 is 0 Å². The van der Waals surface area contributed by atoms with E-state index in [1.165, 1.54) is 22.3 Å². The molecule has 1 aliphatic rings. The van der Waals surface area contributed by atoms with Crippen molar-refractivity contribution in [2.45, 2.75) is 25.7 Å². The molecule has 0 fully saturated rings. The number of carbonyl (C=O) groups excluding carboxylic acids is 1. The lowest BCUT2D eigenvalue weighted by molar-refractivity contribution is -0.117. The summed E-state index contributed by atoms with van der Waals surface area (Å²) in [5, 5.41) is 3.03. The first-order valence-corrected chi connectivity index (χ1v) is 9.47. The van der Waals surface area contributed by atoms with Gasteiger partial charge in [-0.3, -0.25) is 4.79 Å². The van der Waals surface area contributed by atoms with Crippen LogP contribution in [0.1, 0.15) is 36.0 Å². The summed E-state index contributed by atoms with van der Waals surface area (Å²) < 4.78 is 0. The van der Waals surface area contributed by atoms with E-state index in [-0.39, 0.29) is 11.8 Å². The fourth-order valence-corrected chi connectivity index (χ4v) is 3.60. The number of benzene rings is 3. The van der Waals surface area contributed by atoms with E-state index in [1.807, 2.05) is 49.4 Å². The molecule has 0 saturated carbocycles. The first kappa shape index (κ1) is 17.3. The van der Waals surface area contributed by atoms with Gasteiger partial charge in [-0.05, 0) is 59.7 Å². The van der Waals surface area contributed by atoms with Crippen LogP contribution in [-0.2, 0) is 11.2 Å². The van der Waals surface area contributed by atoms with Gasteiger partial charge in [-0.25, -0.2) is 0 Å². The molecule has 1 aliphatic carbocycles. The molecule has 0 heterocycles. The Morgan fingerprint density at radius 3 is 2.48 bits per heavy atom. The molecule has 0 bridgehead atoms. The molecule has 2 heteroatoms. The van der Waals surface area contributed by atoms with E-state index in [9.17, 15) is 4.79 Å². The summed E-state index contributed by atoms with van der Waals surface area (Å²) in [7, 11) is 0. The predicted octanol–water partition coefficient (Wildman–Crippen LogP) is 6.06. The van der Waals surface area contributed by atoms with Crippen molar-refractivity contribution in [3.63, 3.8) is 0 Å². The Balaban J connectivity index is 1.52. The van der Waals surface area contributed by atoms with Gasteiger partial charge in [0.2, 0.25) is 5.91 Å². The van der Waals surface area contributed by atoms with E-state index in [2.05, 4.69) is 47.8 Å². The third-order valence-electron chi connectivity index (χ3n) is 5.22. The van der Waals surface area contributed by atoms with Gasteiger partial charge in [0.1, 0.15) is 0 Å². The SMILES string of the molecule is CC(C(=O)Nc1ccc(-c2cccc3c2C=CCC3)cc1)c1ccccc1. The molecule has 3 aromatic rings. The van der Waals surface area contributed by atoms with Crippen molar-refractivity contribution >= 4 is 17.7 Å². The highest BCUT2D eigenvalue weighted by Gasteiger charge is 2.15. The van der Waals surface area contributed by atoms with E-state index in [1.54, 1.807) is 0 Å². The van der Waals surface area contributed by atoms with Crippen molar-refractivity contribution in [1.82, 2.24) is 0 Å². The smallest absolute Gasteiger partial charge is 0.231 e. The van der Waals surface area contributed by atoms with Crippen LogP contribution in [0.4, 0.5) is 5.69 Å². The van der Waals surface area contributed by atoms with Crippen molar-refractivity contribution in [1.29, 1.82) is 0 Å². The third-order valence-corrected chi connectivity index (χ3v) is 5.22. The van der Waals surface area contributed by atoms with Crippen molar-refractivity contribution < 1.29 is 4.79 Å². The third kappa shape index (κ3) is 3.70. The van der Waals surface area contributed by atoms with Gasteiger partial charge in [0.05, 0.1) is 5.92 Å². The summed E-state index contributed by atoms with van der Waals surface area (Å²) >= 11 is 0. The van der Waals surface area contributed by atoms with Crippen LogP contribution < -0.4 is 5.32 Å². The zero-order valence-corrected chi connectivity index (χ0v) is 15.5. The highest BCUT2D eigenvalue weighted by molar-refractivity contribution is 5.95. The number of rotatable bonds is 4. The summed E-state index contributed by atoms with van der Waals surface area (Å²) in [6.45, 7) is 1.93. The van der Waals surface area contributed by atoms with Crippen LogP contribution in [0, 0.1) is 0 Å². The minimum absolute atomic E-state index is 0.00831. The van der Waals surface area contributed by atoms with Crippen LogP contribution in [0.3, 0.4) is 0 Å². The second kappa shape index (κ2) is 7.63. The van der Waals surface area contributed by atoms with Gasteiger partial charge in [0.25, 0.3) is 0 Å². The second-order valence-corrected chi connectivity index (χ2v) is 7.02. The van der Waals surface area contributed by atoms with Gasteiger partial charge in [-0.2, -0.15) is 0 Å². The Morgan fingerprint density at radius 1 is 0.926 bits per heavy atom. The van der Waals surface area contributed by atoms with Crippen LogP contribution in [0.2, 0.25) is 0 Å². The summed E-state index contributed by atoms with van der Waals surface area (Å²) in [6, 6.07) is 24.5. The molecule has 1 atom stereocenters. The lowest BCUT2D eigenvalue weighted by atomic mass is 9.90. The van der Waals surface area contributed by atoms with Crippen LogP contribution >= 0.6 is 0 Å². The average Bonchev–Trinajstić information content (AvgIpc) is 2.74. The first-order chi connectivity index (χ1) is 13.2. The zero-order chi connectivity index (χ0) is 18.6. The van der Waals surface area contributed by atoms with Crippen molar-refractivity contribution in [2.75, 3.05) is 5.32 Å². The molecule has 27 heavy (non-hydrogen) atoms. The molecule has 134 valence electrons. The number of fused-ring (bicyclic) bond motifs is 1. The lowest BCUT2D eigenvalue weighted by Gasteiger charge is -2.16. The number of allylic oxidation sites excluding steroid dienone is 1. The molecule has 2 nitrogen and oxygen atoms in total. The van der Waals surface area contributed by atoms with Gasteiger partial charge in [0.15, 0.2) is 0 Å². The van der Waals surface area contributed by atoms with E-state index in [0.717, 1.165) is 24.1 Å². The van der Waals surface area contributed by atoms with Crippen LogP contribution in [0.25, 0.3) is 17.2 Å². The molecular formula is C25H23NO. The van der Waals surface area contributed by atoms with E-state index >= 15 is 0 Å². The van der Waals surface area contributed by atoms with Crippen molar-refractivity contribution in [2.24, 2.45) is 0 Å². The Hall–Kier alpha value is -3.13. The van der Waals surface area contributed by atoms with Gasteiger partial charge in [-0.1, -0.05) is 72.8 Å². The maximum atomic E-state index is 12.5. The minimum Gasteiger partial charge on any atom is -0.326 e. The summed E-state index contributed by atoms with van der Waals surface area (Å²) in [6.07, 6.45) is 6.68. The predicted molar refractivity (Wildman–Crippen MR) is 113 cm³/mol. The maximum Gasteiger partial charge on any atom is 0.231 e. The Kier molecular flexibility index (Phi) is 4.88.